The fourth-order valence-electron chi connectivity index (χ4n) is 2.88. The number of halogens is 3. The van der Waals surface area contributed by atoms with Gasteiger partial charge in [-0.05, 0) is 36.4 Å². The number of aryl methyl sites for hydroxylation is 1. The number of hydrogen-bond acceptors (Lipinski definition) is 4. The molecule has 9 heteroatoms. The molecule has 6 nitrogen and oxygen atoms in total. The Labute approximate surface area is 162 Å². The molecule has 0 amide bonds. The third-order valence-corrected chi connectivity index (χ3v) is 4.35. The van der Waals surface area contributed by atoms with Gasteiger partial charge in [-0.2, -0.15) is 13.2 Å². The molecule has 0 aliphatic rings. The van der Waals surface area contributed by atoms with Crippen LogP contribution in [0.3, 0.4) is 0 Å². The lowest BCUT2D eigenvalue weighted by Crippen LogP contribution is -2.17. The fourth-order valence-corrected chi connectivity index (χ4v) is 2.88. The second-order valence-corrected chi connectivity index (χ2v) is 6.17. The van der Waals surface area contributed by atoms with Crippen LogP contribution in [0.25, 0.3) is 22.4 Å². The summed E-state index contributed by atoms with van der Waals surface area (Å²) >= 11 is 0. The maximum Gasteiger partial charge on any atom is 0.416 e. The lowest BCUT2D eigenvalue weighted by molar-refractivity contribution is -0.137. The van der Waals surface area contributed by atoms with Crippen LogP contribution >= 0.6 is 0 Å². The molecule has 29 heavy (non-hydrogen) atoms. The SMILES string of the molecule is COc1ccc(C(F)(F)F)cc1-c1cc(-c2cccn(C)c2=O)ncc1C(=O)O. The number of carboxylic acid groups (broad SMARTS) is 1. The maximum absolute atomic E-state index is 13.2. The van der Waals surface area contributed by atoms with Crippen molar-refractivity contribution in [1.29, 1.82) is 0 Å². The zero-order chi connectivity index (χ0) is 21.3. The highest BCUT2D eigenvalue weighted by Gasteiger charge is 2.32. The second kappa shape index (κ2) is 7.42. The van der Waals surface area contributed by atoms with Gasteiger partial charge in [-0.1, -0.05) is 0 Å². The minimum atomic E-state index is -4.63. The van der Waals surface area contributed by atoms with E-state index >= 15 is 0 Å². The average Bonchev–Trinajstić information content (AvgIpc) is 2.68. The van der Waals surface area contributed by atoms with Gasteiger partial charge in [0.25, 0.3) is 5.56 Å². The number of benzene rings is 1. The number of alkyl halides is 3. The van der Waals surface area contributed by atoms with E-state index in [1.807, 2.05) is 0 Å². The van der Waals surface area contributed by atoms with Gasteiger partial charge in [0.1, 0.15) is 5.75 Å². The predicted octanol–water partition coefficient (Wildman–Crippen LogP) is 3.84. The number of nitrogens with zero attached hydrogens (tertiary/aromatic N) is 2. The van der Waals surface area contributed by atoms with Crippen molar-refractivity contribution >= 4 is 5.97 Å². The molecule has 0 spiro atoms. The molecule has 1 N–H and O–H groups in total. The first-order valence-electron chi connectivity index (χ1n) is 8.28. The molecule has 0 aliphatic carbocycles. The number of aromatic carboxylic acids is 1. The van der Waals surface area contributed by atoms with Gasteiger partial charge in [-0.25, -0.2) is 4.79 Å². The van der Waals surface area contributed by atoms with Crippen LogP contribution in [0, 0.1) is 0 Å². The van der Waals surface area contributed by atoms with Crippen molar-refractivity contribution in [3.05, 3.63) is 70.3 Å². The van der Waals surface area contributed by atoms with Crippen molar-refractivity contribution in [2.24, 2.45) is 7.05 Å². The number of carbonyl (C=O) groups is 1. The molecule has 150 valence electrons. The smallest absolute Gasteiger partial charge is 0.416 e. The first kappa shape index (κ1) is 20.1. The summed E-state index contributed by atoms with van der Waals surface area (Å²) < 4.78 is 46.1. The van der Waals surface area contributed by atoms with E-state index in [9.17, 15) is 27.9 Å². The summed E-state index contributed by atoms with van der Waals surface area (Å²) in [5.41, 5.74) is -1.47. The van der Waals surface area contributed by atoms with Crippen molar-refractivity contribution in [1.82, 2.24) is 9.55 Å². The van der Waals surface area contributed by atoms with Gasteiger partial charge in [0, 0.05) is 30.6 Å². The van der Waals surface area contributed by atoms with Crippen LogP contribution in [0.1, 0.15) is 15.9 Å². The van der Waals surface area contributed by atoms with Crippen molar-refractivity contribution in [3.8, 4) is 28.1 Å². The zero-order valence-electron chi connectivity index (χ0n) is 15.3. The minimum absolute atomic E-state index is 0.0450. The third kappa shape index (κ3) is 3.84. The van der Waals surface area contributed by atoms with E-state index in [0.29, 0.717) is 0 Å². The van der Waals surface area contributed by atoms with E-state index in [1.165, 1.54) is 37.1 Å². The van der Waals surface area contributed by atoms with Gasteiger partial charge in [0.2, 0.25) is 0 Å². The maximum atomic E-state index is 13.2. The van der Waals surface area contributed by atoms with Crippen LogP contribution in [0.4, 0.5) is 13.2 Å². The van der Waals surface area contributed by atoms with Gasteiger partial charge in [0.05, 0.1) is 29.5 Å². The Kier molecular flexibility index (Phi) is 5.15. The Bertz CT molecular complexity index is 1150. The molecule has 0 bridgehead atoms. The van der Waals surface area contributed by atoms with Gasteiger partial charge >= 0.3 is 12.1 Å². The number of carboxylic acids is 1. The first-order valence-corrected chi connectivity index (χ1v) is 8.28. The third-order valence-electron chi connectivity index (χ3n) is 4.35. The summed E-state index contributed by atoms with van der Waals surface area (Å²) in [5, 5.41) is 9.51. The monoisotopic (exact) mass is 404 g/mol. The van der Waals surface area contributed by atoms with E-state index in [-0.39, 0.29) is 39.3 Å². The van der Waals surface area contributed by atoms with E-state index < -0.39 is 17.7 Å². The van der Waals surface area contributed by atoms with Crippen molar-refractivity contribution in [2.75, 3.05) is 7.11 Å². The zero-order valence-corrected chi connectivity index (χ0v) is 15.3. The highest BCUT2D eigenvalue weighted by molar-refractivity contribution is 5.97. The summed E-state index contributed by atoms with van der Waals surface area (Å²) in [6.45, 7) is 0. The van der Waals surface area contributed by atoms with Crippen molar-refractivity contribution in [3.63, 3.8) is 0 Å². The van der Waals surface area contributed by atoms with Crippen LogP contribution in [0.2, 0.25) is 0 Å². The van der Waals surface area contributed by atoms with Crippen molar-refractivity contribution in [2.45, 2.75) is 6.18 Å². The van der Waals surface area contributed by atoms with Gasteiger partial charge in [-0.15, -0.1) is 0 Å². The summed E-state index contributed by atoms with van der Waals surface area (Å²) in [4.78, 5) is 28.1. The van der Waals surface area contributed by atoms with Crippen LogP contribution in [-0.2, 0) is 13.2 Å². The molecule has 3 aromatic rings. The Balaban J connectivity index is 2.32. The van der Waals surface area contributed by atoms with E-state index in [1.54, 1.807) is 6.07 Å². The summed E-state index contributed by atoms with van der Waals surface area (Å²) in [6, 6.07) is 7.15. The molecule has 2 heterocycles. The molecule has 0 unspecified atom stereocenters. The largest absolute Gasteiger partial charge is 0.496 e. The van der Waals surface area contributed by atoms with E-state index in [0.717, 1.165) is 24.4 Å². The van der Waals surface area contributed by atoms with E-state index in [2.05, 4.69) is 4.98 Å². The topological polar surface area (TPSA) is 81.4 Å². The predicted molar refractivity (Wildman–Crippen MR) is 98.9 cm³/mol. The Morgan fingerprint density at radius 2 is 1.86 bits per heavy atom. The lowest BCUT2D eigenvalue weighted by Gasteiger charge is -2.15. The number of aromatic nitrogens is 2. The fraction of sp³-hybridized carbons (Fsp3) is 0.150. The summed E-state index contributed by atoms with van der Waals surface area (Å²) in [6.07, 6.45) is -2.08. The normalized spacial score (nSPS) is 11.3. The van der Waals surface area contributed by atoms with Crippen LogP contribution < -0.4 is 10.3 Å². The molecule has 0 atom stereocenters. The highest BCUT2D eigenvalue weighted by atomic mass is 19.4. The molecule has 0 saturated carbocycles. The molecule has 0 radical (unpaired) electrons. The number of rotatable bonds is 4. The van der Waals surface area contributed by atoms with Crippen molar-refractivity contribution < 1.29 is 27.8 Å². The molecule has 3 rings (SSSR count). The molecular weight excluding hydrogens is 389 g/mol. The highest BCUT2D eigenvalue weighted by Crippen LogP contribution is 2.39. The molecule has 0 aliphatic heterocycles. The van der Waals surface area contributed by atoms with Crippen LogP contribution in [-0.4, -0.2) is 27.7 Å². The minimum Gasteiger partial charge on any atom is -0.496 e. The van der Waals surface area contributed by atoms with Gasteiger partial charge < -0.3 is 14.4 Å². The molecular formula is C20H15F3N2O4. The Morgan fingerprint density at radius 1 is 1.14 bits per heavy atom. The Morgan fingerprint density at radius 3 is 2.48 bits per heavy atom. The lowest BCUT2D eigenvalue weighted by atomic mass is 9.96. The first-order chi connectivity index (χ1) is 13.6. The molecule has 1 aromatic carbocycles. The van der Waals surface area contributed by atoms with Gasteiger partial charge in [0.15, 0.2) is 0 Å². The van der Waals surface area contributed by atoms with Crippen LogP contribution in [0.15, 0.2) is 53.6 Å². The van der Waals surface area contributed by atoms with E-state index in [4.69, 9.17) is 4.74 Å². The molecule has 2 aromatic heterocycles. The quantitative estimate of drug-likeness (QED) is 0.715. The molecule has 0 fully saturated rings. The summed E-state index contributed by atoms with van der Waals surface area (Å²) in [7, 11) is 2.80. The summed E-state index contributed by atoms with van der Waals surface area (Å²) in [5.74, 6) is -1.32. The number of methoxy groups -OCH3 is 1. The number of pyridine rings is 2. The standard InChI is InChI=1S/C20H15F3N2O4/c1-25-7-3-4-12(18(25)26)16-9-13(15(10-24-16)19(27)28)14-8-11(20(21,22)23)5-6-17(14)29-2/h3-10H,1-2H3,(H,27,28). The van der Waals surface area contributed by atoms with Crippen LogP contribution in [0.5, 0.6) is 5.75 Å². The molecule has 0 saturated heterocycles. The second-order valence-electron chi connectivity index (χ2n) is 6.17. The van der Waals surface area contributed by atoms with Gasteiger partial charge in [-0.3, -0.25) is 9.78 Å². The Hall–Kier alpha value is -3.62. The number of ether oxygens (including phenoxy) is 1. The average molecular weight is 404 g/mol. The number of hydrogen-bond donors (Lipinski definition) is 1.